The molecular weight excluding hydrogens is 232 g/mol. The van der Waals surface area contributed by atoms with Gasteiger partial charge in [0.2, 0.25) is 5.12 Å². The van der Waals surface area contributed by atoms with Gasteiger partial charge in [-0.05, 0) is 36.7 Å². The number of thioether (sulfide) groups is 1. The highest BCUT2D eigenvalue weighted by Crippen LogP contribution is 2.50. The SMILES string of the molecule is O=C(Sc1ccccc1)C1OC12CCCCC2. The Morgan fingerprint density at radius 3 is 2.59 bits per heavy atom. The Balaban J connectivity index is 1.61. The molecule has 0 radical (unpaired) electrons. The molecule has 2 nitrogen and oxygen atoms in total. The summed E-state index contributed by atoms with van der Waals surface area (Å²) in [4.78, 5) is 13.1. The van der Waals surface area contributed by atoms with E-state index in [1.165, 1.54) is 31.0 Å². The first-order valence-corrected chi connectivity index (χ1v) is 7.06. The van der Waals surface area contributed by atoms with Crippen molar-refractivity contribution in [2.45, 2.75) is 48.7 Å². The van der Waals surface area contributed by atoms with Crippen LogP contribution in [0.1, 0.15) is 32.1 Å². The Labute approximate surface area is 106 Å². The molecule has 2 fully saturated rings. The molecule has 2 aliphatic rings. The van der Waals surface area contributed by atoms with Crippen molar-refractivity contribution in [2.75, 3.05) is 0 Å². The molecule has 1 atom stereocenters. The third-order valence-electron chi connectivity index (χ3n) is 3.65. The number of carbonyl (C=O) groups excluding carboxylic acids is 1. The van der Waals surface area contributed by atoms with Crippen LogP contribution in [0.5, 0.6) is 0 Å². The predicted octanol–water partition coefficient (Wildman–Crippen LogP) is 3.41. The largest absolute Gasteiger partial charge is 0.357 e. The summed E-state index contributed by atoms with van der Waals surface area (Å²) in [5, 5.41) is 0.179. The van der Waals surface area contributed by atoms with E-state index in [1.807, 2.05) is 30.3 Å². The van der Waals surface area contributed by atoms with Crippen LogP contribution >= 0.6 is 11.8 Å². The standard InChI is InChI=1S/C14H16O2S/c15-13(17-11-7-3-1-4-8-11)12-14(16-12)9-5-2-6-10-14/h1,3-4,7-8,12H,2,5-6,9-10H2. The Morgan fingerprint density at radius 2 is 1.88 bits per heavy atom. The van der Waals surface area contributed by atoms with Crippen molar-refractivity contribution >= 4 is 16.9 Å². The Kier molecular flexibility index (Phi) is 2.97. The molecule has 1 saturated carbocycles. The van der Waals surface area contributed by atoms with Crippen LogP contribution in [-0.2, 0) is 9.53 Å². The van der Waals surface area contributed by atoms with Gasteiger partial charge in [-0.25, -0.2) is 0 Å². The summed E-state index contributed by atoms with van der Waals surface area (Å²) in [5.41, 5.74) is -0.0723. The van der Waals surface area contributed by atoms with Crippen molar-refractivity contribution < 1.29 is 9.53 Å². The van der Waals surface area contributed by atoms with E-state index in [-0.39, 0.29) is 16.8 Å². The normalized spacial score (nSPS) is 25.8. The third kappa shape index (κ3) is 2.26. The lowest BCUT2D eigenvalue weighted by Gasteiger charge is -2.17. The maximum atomic E-state index is 12.1. The van der Waals surface area contributed by atoms with E-state index in [1.54, 1.807) is 0 Å². The van der Waals surface area contributed by atoms with Crippen LogP contribution in [0.3, 0.4) is 0 Å². The molecular formula is C14H16O2S. The molecule has 0 bridgehead atoms. The van der Waals surface area contributed by atoms with E-state index in [4.69, 9.17) is 4.74 Å². The molecule has 0 aromatic heterocycles. The van der Waals surface area contributed by atoms with Crippen molar-refractivity contribution in [3.63, 3.8) is 0 Å². The zero-order chi connectivity index (χ0) is 11.7. The lowest BCUT2D eigenvalue weighted by atomic mass is 9.87. The highest BCUT2D eigenvalue weighted by atomic mass is 32.2. The number of hydrogen-bond acceptors (Lipinski definition) is 3. The second-order valence-electron chi connectivity index (χ2n) is 4.86. The summed E-state index contributed by atoms with van der Waals surface area (Å²) in [7, 11) is 0. The number of rotatable bonds is 2. The number of benzene rings is 1. The monoisotopic (exact) mass is 248 g/mol. The summed E-state index contributed by atoms with van der Waals surface area (Å²) in [6, 6.07) is 9.82. The molecule has 0 amide bonds. The van der Waals surface area contributed by atoms with E-state index >= 15 is 0 Å². The molecule has 1 unspecified atom stereocenters. The van der Waals surface area contributed by atoms with Gasteiger partial charge in [-0.2, -0.15) is 0 Å². The molecule has 1 spiro atoms. The Hall–Kier alpha value is -0.800. The van der Waals surface area contributed by atoms with Crippen LogP contribution in [0.15, 0.2) is 35.2 Å². The van der Waals surface area contributed by atoms with Gasteiger partial charge in [0.05, 0.1) is 0 Å². The Morgan fingerprint density at radius 1 is 1.18 bits per heavy atom. The minimum Gasteiger partial charge on any atom is -0.357 e. The molecule has 1 aromatic carbocycles. The molecule has 1 aromatic rings. The predicted molar refractivity (Wildman–Crippen MR) is 68.0 cm³/mol. The lowest BCUT2D eigenvalue weighted by Crippen LogP contribution is -2.22. The van der Waals surface area contributed by atoms with Gasteiger partial charge in [0, 0.05) is 4.90 Å². The average molecular weight is 248 g/mol. The maximum Gasteiger partial charge on any atom is 0.225 e. The van der Waals surface area contributed by atoms with Crippen LogP contribution < -0.4 is 0 Å². The summed E-state index contributed by atoms with van der Waals surface area (Å²) in [6.45, 7) is 0. The lowest BCUT2D eigenvalue weighted by molar-refractivity contribution is -0.112. The molecule has 1 aliphatic carbocycles. The van der Waals surface area contributed by atoms with Gasteiger partial charge in [0.25, 0.3) is 0 Å². The van der Waals surface area contributed by atoms with Gasteiger partial charge in [-0.3, -0.25) is 4.79 Å². The van der Waals surface area contributed by atoms with Gasteiger partial charge in [-0.1, -0.05) is 37.5 Å². The van der Waals surface area contributed by atoms with Crippen molar-refractivity contribution in [1.29, 1.82) is 0 Å². The zero-order valence-electron chi connectivity index (χ0n) is 9.72. The molecule has 3 rings (SSSR count). The van der Waals surface area contributed by atoms with Crippen molar-refractivity contribution in [3.05, 3.63) is 30.3 Å². The summed E-state index contributed by atoms with van der Waals surface area (Å²) < 4.78 is 5.71. The Bertz CT molecular complexity index is 409. The fourth-order valence-electron chi connectivity index (χ4n) is 2.65. The first-order valence-electron chi connectivity index (χ1n) is 6.25. The van der Waals surface area contributed by atoms with Crippen LogP contribution in [0.4, 0.5) is 0 Å². The highest BCUT2D eigenvalue weighted by Gasteiger charge is 2.60. The van der Waals surface area contributed by atoms with Crippen molar-refractivity contribution in [2.24, 2.45) is 0 Å². The van der Waals surface area contributed by atoms with Crippen LogP contribution in [0.2, 0.25) is 0 Å². The fourth-order valence-corrected chi connectivity index (χ4v) is 3.55. The molecule has 3 heteroatoms. The van der Waals surface area contributed by atoms with E-state index in [0.717, 1.165) is 17.7 Å². The first kappa shape index (κ1) is 11.3. The first-order chi connectivity index (χ1) is 8.30. The number of hydrogen-bond donors (Lipinski definition) is 0. The van der Waals surface area contributed by atoms with E-state index < -0.39 is 0 Å². The zero-order valence-corrected chi connectivity index (χ0v) is 10.5. The second-order valence-corrected chi connectivity index (χ2v) is 5.94. The second kappa shape index (κ2) is 4.46. The minimum atomic E-state index is -0.145. The van der Waals surface area contributed by atoms with Gasteiger partial charge < -0.3 is 4.74 Å². The molecule has 1 heterocycles. The van der Waals surface area contributed by atoms with Crippen molar-refractivity contribution in [1.82, 2.24) is 0 Å². The van der Waals surface area contributed by atoms with E-state index in [0.29, 0.717) is 0 Å². The number of ether oxygens (including phenoxy) is 1. The molecule has 1 aliphatic heterocycles. The van der Waals surface area contributed by atoms with E-state index in [9.17, 15) is 4.79 Å². The van der Waals surface area contributed by atoms with Crippen LogP contribution in [-0.4, -0.2) is 16.8 Å². The van der Waals surface area contributed by atoms with Crippen molar-refractivity contribution in [3.8, 4) is 0 Å². The third-order valence-corrected chi connectivity index (χ3v) is 4.57. The summed E-state index contributed by atoms with van der Waals surface area (Å²) in [5.74, 6) is 0. The quantitative estimate of drug-likeness (QED) is 0.593. The van der Waals surface area contributed by atoms with E-state index in [2.05, 4.69) is 0 Å². The van der Waals surface area contributed by atoms with Gasteiger partial charge in [-0.15, -0.1) is 0 Å². The fraction of sp³-hybridized carbons (Fsp3) is 0.500. The molecule has 17 heavy (non-hydrogen) atoms. The highest BCUT2D eigenvalue weighted by molar-refractivity contribution is 8.13. The summed E-state index contributed by atoms with van der Waals surface area (Å²) >= 11 is 1.32. The molecule has 90 valence electrons. The van der Waals surface area contributed by atoms with Crippen LogP contribution in [0, 0.1) is 0 Å². The molecule has 1 saturated heterocycles. The summed E-state index contributed by atoms with van der Waals surface area (Å²) in [6.07, 6.45) is 5.70. The topological polar surface area (TPSA) is 29.6 Å². The molecule has 0 N–H and O–H groups in total. The van der Waals surface area contributed by atoms with Gasteiger partial charge >= 0.3 is 0 Å². The smallest absolute Gasteiger partial charge is 0.225 e. The minimum absolute atomic E-state index is 0.0723. The average Bonchev–Trinajstić information content (AvgIpc) is 3.05. The number of carbonyl (C=O) groups is 1. The van der Waals surface area contributed by atoms with Gasteiger partial charge in [0.15, 0.2) is 6.10 Å². The number of epoxide rings is 1. The van der Waals surface area contributed by atoms with Crippen LogP contribution in [0.25, 0.3) is 0 Å². The maximum absolute atomic E-state index is 12.1. The van der Waals surface area contributed by atoms with Gasteiger partial charge in [0.1, 0.15) is 5.60 Å².